The lowest BCUT2D eigenvalue weighted by atomic mass is 10.0. The van der Waals surface area contributed by atoms with Gasteiger partial charge in [0.1, 0.15) is 11.3 Å². The molecule has 0 aliphatic carbocycles. The summed E-state index contributed by atoms with van der Waals surface area (Å²) in [7, 11) is 0. The van der Waals surface area contributed by atoms with Crippen LogP contribution < -0.4 is 0 Å². The van der Waals surface area contributed by atoms with Gasteiger partial charge in [0.2, 0.25) is 0 Å². The lowest BCUT2D eigenvalue weighted by Gasteiger charge is -2.19. The molecule has 0 radical (unpaired) electrons. The summed E-state index contributed by atoms with van der Waals surface area (Å²) >= 11 is 1.68. The van der Waals surface area contributed by atoms with Crippen molar-refractivity contribution < 1.29 is 9.21 Å². The number of likely N-dealkylation sites (tertiary alicyclic amines) is 1. The summed E-state index contributed by atoms with van der Waals surface area (Å²) in [6.07, 6.45) is 5.54. The molecule has 1 fully saturated rings. The van der Waals surface area contributed by atoms with Crippen LogP contribution in [0.1, 0.15) is 41.4 Å². The second-order valence-corrected chi connectivity index (χ2v) is 8.18. The van der Waals surface area contributed by atoms with Crippen molar-refractivity contribution >= 4 is 28.5 Å². The van der Waals surface area contributed by atoms with Crippen LogP contribution in [0.4, 0.5) is 0 Å². The lowest BCUT2D eigenvalue weighted by Crippen LogP contribution is -2.28. The van der Waals surface area contributed by atoms with Gasteiger partial charge in [-0.3, -0.25) is 4.79 Å². The molecule has 3 aromatic rings. The molecule has 2 aromatic carbocycles. The SMILES string of the molecule is CSc1ccc(C(=O)c2ccc3oc(CCN4CCC[C@H]4C)cc3c2)cc1. The van der Waals surface area contributed by atoms with E-state index in [9.17, 15) is 4.79 Å². The highest BCUT2D eigenvalue weighted by Crippen LogP contribution is 2.24. The summed E-state index contributed by atoms with van der Waals surface area (Å²) in [6.45, 7) is 4.53. The zero-order chi connectivity index (χ0) is 18.8. The fraction of sp³-hybridized carbons (Fsp3) is 0.348. The number of fused-ring (bicyclic) bond motifs is 1. The summed E-state index contributed by atoms with van der Waals surface area (Å²) < 4.78 is 5.99. The molecule has 4 rings (SSSR count). The summed E-state index contributed by atoms with van der Waals surface area (Å²) in [5.41, 5.74) is 2.28. The summed E-state index contributed by atoms with van der Waals surface area (Å²) in [5, 5.41) is 1.01. The van der Waals surface area contributed by atoms with Gasteiger partial charge in [0.15, 0.2) is 5.78 Å². The highest BCUT2D eigenvalue weighted by molar-refractivity contribution is 7.98. The molecule has 27 heavy (non-hydrogen) atoms. The maximum atomic E-state index is 12.8. The third kappa shape index (κ3) is 3.97. The van der Waals surface area contributed by atoms with Crippen molar-refractivity contribution in [2.45, 2.75) is 37.1 Å². The summed E-state index contributed by atoms with van der Waals surface area (Å²) in [5.74, 6) is 1.05. The van der Waals surface area contributed by atoms with E-state index in [2.05, 4.69) is 17.9 Å². The van der Waals surface area contributed by atoms with E-state index in [1.165, 1.54) is 19.4 Å². The molecule has 0 unspecified atom stereocenters. The standard InChI is InChI=1S/C23H25NO2S/c1-16-4-3-12-24(16)13-11-20-15-19-14-18(7-10-22(19)26-20)23(25)17-5-8-21(27-2)9-6-17/h5-10,14-16H,3-4,11-13H2,1-2H3/t16-/m1/s1. The van der Waals surface area contributed by atoms with E-state index in [0.29, 0.717) is 11.6 Å². The van der Waals surface area contributed by atoms with Crippen molar-refractivity contribution in [2.24, 2.45) is 0 Å². The molecule has 1 aromatic heterocycles. The van der Waals surface area contributed by atoms with Gasteiger partial charge in [-0.15, -0.1) is 11.8 Å². The molecule has 0 amide bonds. The van der Waals surface area contributed by atoms with Crippen LogP contribution in [-0.4, -0.2) is 36.1 Å². The largest absolute Gasteiger partial charge is 0.461 e. The van der Waals surface area contributed by atoms with Crippen LogP contribution in [0.5, 0.6) is 0 Å². The Labute approximate surface area is 164 Å². The van der Waals surface area contributed by atoms with E-state index in [1.807, 2.05) is 48.7 Å². The molecule has 0 N–H and O–H groups in total. The van der Waals surface area contributed by atoms with E-state index in [-0.39, 0.29) is 5.78 Å². The molecule has 0 saturated carbocycles. The average Bonchev–Trinajstić information content (AvgIpc) is 3.30. The number of carbonyl (C=O) groups excluding carboxylic acids is 1. The monoisotopic (exact) mass is 379 g/mol. The van der Waals surface area contributed by atoms with Crippen LogP contribution in [0.15, 0.2) is 57.8 Å². The summed E-state index contributed by atoms with van der Waals surface area (Å²) in [4.78, 5) is 16.5. The van der Waals surface area contributed by atoms with Crippen LogP contribution >= 0.6 is 11.8 Å². The Balaban J connectivity index is 1.50. The Morgan fingerprint density at radius 2 is 1.93 bits per heavy atom. The van der Waals surface area contributed by atoms with E-state index >= 15 is 0 Å². The minimum Gasteiger partial charge on any atom is -0.461 e. The van der Waals surface area contributed by atoms with Crippen molar-refractivity contribution in [1.82, 2.24) is 4.90 Å². The number of ketones is 1. The molecule has 0 spiro atoms. The minimum atomic E-state index is 0.0539. The lowest BCUT2D eigenvalue weighted by molar-refractivity contribution is 0.103. The van der Waals surface area contributed by atoms with Gasteiger partial charge in [-0.2, -0.15) is 0 Å². The topological polar surface area (TPSA) is 33.5 Å². The zero-order valence-corrected chi connectivity index (χ0v) is 16.7. The number of thioether (sulfide) groups is 1. The number of hydrogen-bond donors (Lipinski definition) is 0. The smallest absolute Gasteiger partial charge is 0.193 e. The molecule has 0 bridgehead atoms. The van der Waals surface area contributed by atoms with Crippen molar-refractivity contribution in [3.05, 3.63) is 65.4 Å². The second-order valence-electron chi connectivity index (χ2n) is 7.30. The van der Waals surface area contributed by atoms with E-state index in [1.54, 1.807) is 11.8 Å². The number of nitrogens with zero attached hydrogens (tertiary/aromatic N) is 1. The Bertz CT molecular complexity index is 945. The number of hydrogen-bond acceptors (Lipinski definition) is 4. The molecule has 140 valence electrons. The fourth-order valence-corrected chi connectivity index (χ4v) is 4.26. The van der Waals surface area contributed by atoms with E-state index in [0.717, 1.165) is 40.2 Å². The highest BCUT2D eigenvalue weighted by Gasteiger charge is 2.20. The fourth-order valence-electron chi connectivity index (χ4n) is 3.85. The van der Waals surface area contributed by atoms with Gasteiger partial charge in [0.05, 0.1) is 0 Å². The second kappa shape index (κ2) is 7.91. The third-order valence-corrected chi connectivity index (χ3v) is 6.26. The van der Waals surface area contributed by atoms with Gasteiger partial charge in [0.25, 0.3) is 0 Å². The maximum absolute atomic E-state index is 12.8. The molecule has 1 atom stereocenters. The molecule has 4 heteroatoms. The molecule has 2 heterocycles. The number of carbonyl (C=O) groups is 1. The minimum absolute atomic E-state index is 0.0539. The third-order valence-electron chi connectivity index (χ3n) is 5.52. The Kier molecular flexibility index (Phi) is 5.37. The van der Waals surface area contributed by atoms with Gasteiger partial charge >= 0.3 is 0 Å². The van der Waals surface area contributed by atoms with E-state index in [4.69, 9.17) is 4.42 Å². The Hall–Kier alpha value is -2.04. The first kappa shape index (κ1) is 18.3. The molecular formula is C23H25NO2S. The molecule has 1 aliphatic heterocycles. The quantitative estimate of drug-likeness (QED) is 0.423. The predicted molar refractivity (Wildman–Crippen MR) is 112 cm³/mol. The van der Waals surface area contributed by atoms with Crippen molar-refractivity contribution in [2.75, 3.05) is 19.3 Å². The predicted octanol–water partition coefficient (Wildman–Crippen LogP) is 5.41. The highest BCUT2D eigenvalue weighted by atomic mass is 32.2. The van der Waals surface area contributed by atoms with Crippen molar-refractivity contribution in [3.8, 4) is 0 Å². The van der Waals surface area contributed by atoms with E-state index < -0.39 is 0 Å². The zero-order valence-electron chi connectivity index (χ0n) is 15.9. The number of furan rings is 1. The normalized spacial score (nSPS) is 17.6. The van der Waals surface area contributed by atoms with Crippen LogP contribution in [0.3, 0.4) is 0 Å². The first-order chi connectivity index (χ1) is 13.1. The van der Waals surface area contributed by atoms with Gasteiger partial charge in [-0.05, 0) is 81.1 Å². The Morgan fingerprint density at radius 3 is 2.63 bits per heavy atom. The van der Waals surface area contributed by atoms with Crippen molar-refractivity contribution in [3.63, 3.8) is 0 Å². The van der Waals surface area contributed by atoms with Crippen molar-refractivity contribution in [1.29, 1.82) is 0 Å². The maximum Gasteiger partial charge on any atom is 0.193 e. The van der Waals surface area contributed by atoms with Gasteiger partial charge in [-0.1, -0.05) is 0 Å². The van der Waals surface area contributed by atoms with Gasteiger partial charge < -0.3 is 9.32 Å². The molecular weight excluding hydrogens is 354 g/mol. The van der Waals surface area contributed by atoms with Gasteiger partial charge in [0, 0.05) is 40.4 Å². The summed E-state index contributed by atoms with van der Waals surface area (Å²) in [6, 6.07) is 16.3. The molecule has 1 saturated heterocycles. The van der Waals surface area contributed by atoms with Crippen LogP contribution in [0.2, 0.25) is 0 Å². The van der Waals surface area contributed by atoms with Crippen LogP contribution in [0, 0.1) is 0 Å². The molecule has 1 aliphatic rings. The molecule has 3 nitrogen and oxygen atoms in total. The number of benzene rings is 2. The van der Waals surface area contributed by atoms with Gasteiger partial charge in [-0.25, -0.2) is 0 Å². The Morgan fingerprint density at radius 1 is 1.15 bits per heavy atom. The average molecular weight is 380 g/mol. The van der Waals surface area contributed by atoms with Crippen LogP contribution in [0.25, 0.3) is 11.0 Å². The first-order valence-corrected chi connectivity index (χ1v) is 10.8. The number of rotatable bonds is 6. The first-order valence-electron chi connectivity index (χ1n) is 9.59. The van der Waals surface area contributed by atoms with Crippen LogP contribution in [-0.2, 0) is 6.42 Å².